The van der Waals surface area contributed by atoms with Crippen molar-refractivity contribution < 1.29 is 14.5 Å². The van der Waals surface area contributed by atoms with Gasteiger partial charge in [0.1, 0.15) is 11.4 Å². The Morgan fingerprint density at radius 1 is 1.10 bits per heavy atom. The molecule has 2 heterocycles. The molecule has 8 nitrogen and oxygen atoms in total. The Kier molecular flexibility index (Phi) is 5.70. The zero-order valence-electron chi connectivity index (χ0n) is 17.5. The fourth-order valence-corrected chi connectivity index (χ4v) is 3.72. The fourth-order valence-electron chi connectivity index (χ4n) is 3.72. The average molecular weight is 420 g/mol. The summed E-state index contributed by atoms with van der Waals surface area (Å²) in [4.78, 5) is 25.8. The summed E-state index contributed by atoms with van der Waals surface area (Å²) in [6, 6.07) is 15.3. The number of nitrogens with zero attached hydrogens (tertiary/aromatic N) is 4. The van der Waals surface area contributed by atoms with Crippen molar-refractivity contribution in [1.29, 1.82) is 0 Å². The third-order valence-corrected chi connectivity index (χ3v) is 5.69. The van der Waals surface area contributed by atoms with Gasteiger partial charge in [-0.3, -0.25) is 14.9 Å². The van der Waals surface area contributed by atoms with Crippen molar-refractivity contribution in [1.82, 2.24) is 14.7 Å². The Balaban J connectivity index is 1.74. The smallest absolute Gasteiger partial charge is 0.272 e. The van der Waals surface area contributed by atoms with Gasteiger partial charge in [-0.05, 0) is 61.2 Å². The molecule has 0 spiro atoms. The van der Waals surface area contributed by atoms with Crippen molar-refractivity contribution in [3.63, 3.8) is 0 Å². The number of methoxy groups -OCH3 is 1. The quantitative estimate of drug-likeness (QED) is 0.453. The molecule has 0 radical (unpaired) electrons. The first-order chi connectivity index (χ1) is 15.0. The van der Waals surface area contributed by atoms with Gasteiger partial charge in [-0.25, -0.2) is 4.68 Å². The van der Waals surface area contributed by atoms with Crippen LogP contribution >= 0.6 is 0 Å². The molecule has 1 aliphatic heterocycles. The van der Waals surface area contributed by atoms with Crippen LogP contribution in [0.4, 0.5) is 5.69 Å². The Labute approximate surface area is 180 Å². The number of hydrogen-bond acceptors (Lipinski definition) is 5. The maximum Gasteiger partial charge on any atom is 0.272 e. The van der Waals surface area contributed by atoms with Gasteiger partial charge in [0.2, 0.25) is 0 Å². The van der Waals surface area contributed by atoms with Gasteiger partial charge in [0.05, 0.1) is 23.4 Å². The van der Waals surface area contributed by atoms with Crippen LogP contribution in [0, 0.1) is 16.0 Å². The largest absolute Gasteiger partial charge is 0.497 e. The number of aromatic nitrogens is 2. The highest BCUT2D eigenvalue weighted by atomic mass is 16.6. The van der Waals surface area contributed by atoms with E-state index in [4.69, 9.17) is 4.74 Å². The fraction of sp³-hybridized carbons (Fsp3) is 0.304. The van der Waals surface area contributed by atoms with Crippen molar-refractivity contribution in [3.05, 3.63) is 70.4 Å². The molecule has 0 N–H and O–H groups in total. The van der Waals surface area contributed by atoms with Crippen LogP contribution in [-0.2, 0) is 0 Å². The SMILES string of the molecule is COc1ccc(-c2cc(C(=O)N3CCC(C)CC3)n(-c3ccc([N+](=O)[O-])cc3)n2)cc1. The van der Waals surface area contributed by atoms with E-state index in [1.165, 1.54) is 12.1 Å². The molecule has 0 aliphatic carbocycles. The van der Waals surface area contributed by atoms with Crippen molar-refractivity contribution in [3.8, 4) is 22.7 Å². The highest BCUT2D eigenvalue weighted by Gasteiger charge is 2.26. The molecule has 1 aromatic heterocycles. The Bertz CT molecular complexity index is 1080. The molecule has 160 valence electrons. The Morgan fingerprint density at radius 2 is 1.74 bits per heavy atom. The third-order valence-electron chi connectivity index (χ3n) is 5.69. The van der Waals surface area contributed by atoms with Gasteiger partial charge < -0.3 is 9.64 Å². The normalized spacial score (nSPS) is 14.5. The first kappa shape index (κ1) is 20.6. The molecule has 8 heteroatoms. The number of non-ortho nitro benzene ring substituents is 1. The first-order valence-corrected chi connectivity index (χ1v) is 10.2. The minimum absolute atomic E-state index is 0.0100. The topological polar surface area (TPSA) is 90.5 Å². The summed E-state index contributed by atoms with van der Waals surface area (Å²) in [5.74, 6) is 1.26. The molecule has 2 aromatic carbocycles. The summed E-state index contributed by atoms with van der Waals surface area (Å²) in [7, 11) is 1.61. The molecule has 0 atom stereocenters. The van der Waals surface area contributed by atoms with E-state index in [1.54, 1.807) is 30.0 Å². The highest BCUT2D eigenvalue weighted by Crippen LogP contribution is 2.27. The van der Waals surface area contributed by atoms with Gasteiger partial charge in [0.25, 0.3) is 11.6 Å². The number of amides is 1. The van der Waals surface area contributed by atoms with Crippen molar-refractivity contribution in [2.24, 2.45) is 5.92 Å². The van der Waals surface area contributed by atoms with E-state index >= 15 is 0 Å². The van der Waals surface area contributed by atoms with E-state index in [0.717, 1.165) is 24.2 Å². The van der Waals surface area contributed by atoms with E-state index < -0.39 is 4.92 Å². The molecule has 0 unspecified atom stereocenters. The molecule has 0 saturated carbocycles. The van der Waals surface area contributed by atoms with Crippen LogP contribution in [0.2, 0.25) is 0 Å². The van der Waals surface area contributed by atoms with Crippen molar-refractivity contribution in [2.75, 3.05) is 20.2 Å². The standard InChI is InChI=1S/C23H24N4O4/c1-16-11-13-25(14-12-16)23(28)22-15-21(17-3-9-20(31-2)10-4-17)24-26(22)18-5-7-19(8-6-18)27(29)30/h3-10,15-16H,11-14H2,1-2H3. The predicted molar refractivity (Wildman–Crippen MR) is 117 cm³/mol. The van der Waals surface area contributed by atoms with Crippen LogP contribution in [0.5, 0.6) is 5.75 Å². The number of likely N-dealkylation sites (tertiary alicyclic amines) is 1. The molecule has 1 saturated heterocycles. The number of nitro benzene ring substituents is 1. The number of carbonyl (C=O) groups excluding carboxylic acids is 1. The molecule has 1 aliphatic rings. The predicted octanol–water partition coefficient (Wildman–Crippen LogP) is 4.33. The van der Waals surface area contributed by atoms with E-state index in [2.05, 4.69) is 12.0 Å². The molecule has 1 fully saturated rings. The second-order valence-corrected chi connectivity index (χ2v) is 7.80. The minimum atomic E-state index is -0.448. The molecular formula is C23H24N4O4. The summed E-state index contributed by atoms with van der Waals surface area (Å²) in [6.07, 6.45) is 1.95. The Hall–Kier alpha value is -3.68. The molecular weight excluding hydrogens is 396 g/mol. The van der Waals surface area contributed by atoms with E-state index in [1.807, 2.05) is 29.2 Å². The lowest BCUT2D eigenvalue weighted by molar-refractivity contribution is -0.384. The van der Waals surface area contributed by atoms with Crippen LogP contribution in [-0.4, -0.2) is 45.7 Å². The zero-order chi connectivity index (χ0) is 22.0. The van der Waals surface area contributed by atoms with E-state index in [0.29, 0.717) is 36.1 Å². The minimum Gasteiger partial charge on any atom is -0.497 e. The van der Waals surface area contributed by atoms with Gasteiger partial charge in [-0.2, -0.15) is 5.10 Å². The maximum atomic E-state index is 13.4. The molecule has 4 rings (SSSR count). The van der Waals surface area contributed by atoms with E-state index in [9.17, 15) is 14.9 Å². The third kappa shape index (κ3) is 4.28. The monoisotopic (exact) mass is 420 g/mol. The van der Waals surface area contributed by atoms with Gasteiger partial charge in [-0.15, -0.1) is 0 Å². The van der Waals surface area contributed by atoms with Crippen molar-refractivity contribution in [2.45, 2.75) is 19.8 Å². The average Bonchev–Trinajstić information content (AvgIpc) is 3.24. The number of rotatable bonds is 5. The molecule has 3 aromatic rings. The van der Waals surface area contributed by atoms with E-state index in [-0.39, 0.29) is 11.6 Å². The molecule has 0 bridgehead atoms. The van der Waals surface area contributed by atoms with Gasteiger partial charge in [0.15, 0.2) is 0 Å². The number of carbonyl (C=O) groups is 1. The lowest BCUT2D eigenvalue weighted by atomic mass is 9.99. The summed E-state index contributed by atoms with van der Waals surface area (Å²) >= 11 is 0. The first-order valence-electron chi connectivity index (χ1n) is 10.2. The van der Waals surface area contributed by atoms with Crippen molar-refractivity contribution >= 4 is 11.6 Å². The summed E-state index contributed by atoms with van der Waals surface area (Å²) in [5, 5.41) is 15.7. The zero-order valence-corrected chi connectivity index (χ0v) is 17.5. The maximum absolute atomic E-state index is 13.4. The molecule has 31 heavy (non-hydrogen) atoms. The van der Waals surface area contributed by atoms with Gasteiger partial charge >= 0.3 is 0 Å². The van der Waals surface area contributed by atoms with Gasteiger partial charge in [0, 0.05) is 30.8 Å². The van der Waals surface area contributed by atoms with Gasteiger partial charge in [-0.1, -0.05) is 6.92 Å². The van der Waals surface area contributed by atoms with Crippen LogP contribution in [0.15, 0.2) is 54.6 Å². The van der Waals surface area contributed by atoms with Crippen LogP contribution < -0.4 is 4.74 Å². The lowest BCUT2D eigenvalue weighted by Crippen LogP contribution is -2.38. The highest BCUT2D eigenvalue weighted by molar-refractivity contribution is 5.94. The lowest BCUT2D eigenvalue weighted by Gasteiger charge is -2.30. The van der Waals surface area contributed by atoms with Crippen LogP contribution in [0.25, 0.3) is 16.9 Å². The number of ether oxygens (including phenoxy) is 1. The van der Waals surface area contributed by atoms with Crippen LogP contribution in [0.3, 0.4) is 0 Å². The summed E-state index contributed by atoms with van der Waals surface area (Å²) in [6.45, 7) is 3.62. The molecule has 1 amide bonds. The summed E-state index contributed by atoms with van der Waals surface area (Å²) < 4.78 is 6.79. The number of nitro groups is 1. The van der Waals surface area contributed by atoms with Crippen LogP contribution in [0.1, 0.15) is 30.3 Å². The second-order valence-electron chi connectivity index (χ2n) is 7.80. The number of piperidine rings is 1. The number of hydrogen-bond donors (Lipinski definition) is 0. The summed E-state index contributed by atoms with van der Waals surface area (Å²) in [5.41, 5.74) is 2.52. The number of benzene rings is 2. The Morgan fingerprint density at radius 3 is 2.32 bits per heavy atom. The second kappa shape index (κ2) is 8.59.